The van der Waals surface area contributed by atoms with E-state index >= 15 is 0 Å². The molecule has 2 aliphatic rings. The van der Waals surface area contributed by atoms with Crippen LogP contribution in [0.1, 0.15) is 61.3 Å². The molecule has 0 bridgehead atoms. The summed E-state index contributed by atoms with van der Waals surface area (Å²) in [5.74, 6) is 0.587. The third kappa shape index (κ3) is 3.21. The van der Waals surface area contributed by atoms with Crippen molar-refractivity contribution in [3.05, 3.63) is 11.3 Å². The number of hydrogen-bond donors (Lipinski definition) is 1. The fourth-order valence-electron chi connectivity index (χ4n) is 3.89. The predicted octanol–water partition coefficient (Wildman–Crippen LogP) is 3.93. The number of hydrogen-bond acceptors (Lipinski definition) is 3. The average Bonchev–Trinajstić information content (AvgIpc) is 2.65. The molecule has 1 fully saturated rings. The summed E-state index contributed by atoms with van der Waals surface area (Å²) < 4.78 is 0. The third-order valence-electron chi connectivity index (χ3n) is 4.49. The highest BCUT2D eigenvalue weighted by Gasteiger charge is 2.42. The number of allylic oxidation sites excluding steroid dienone is 1. The maximum atomic E-state index is 11.1. The first-order valence-electron chi connectivity index (χ1n) is 8.22. The van der Waals surface area contributed by atoms with Crippen LogP contribution in [0.15, 0.2) is 16.3 Å². The Morgan fingerprint density at radius 1 is 1.23 bits per heavy atom. The molecule has 4 heteroatoms. The van der Waals surface area contributed by atoms with E-state index in [0.29, 0.717) is 0 Å². The van der Waals surface area contributed by atoms with Crippen molar-refractivity contribution in [2.45, 2.75) is 67.3 Å². The first kappa shape index (κ1) is 17.0. The van der Waals surface area contributed by atoms with Gasteiger partial charge < -0.3 is 10.0 Å². The molecule has 0 aromatic carbocycles. The van der Waals surface area contributed by atoms with Gasteiger partial charge in [0.1, 0.15) is 5.84 Å². The molecule has 2 heterocycles. The van der Waals surface area contributed by atoms with E-state index in [-0.39, 0.29) is 29.2 Å². The number of aliphatic carboxylic acids is 1. The monoisotopic (exact) mass is 306 g/mol. The zero-order valence-corrected chi connectivity index (χ0v) is 15.0. The molecule has 0 aromatic heterocycles. The van der Waals surface area contributed by atoms with Gasteiger partial charge in [-0.25, -0.2) is 0 Å². The fourth-order valence-corrected chi connectivity index (χ4v) is 3.89. The van der Waals surface area contributed by atoms with Crippen LogP contribution in [0.3, 0.4) is 0 Å². The van der Waals surface area contributed by atoms with Gasteiger partial charge in [0.2, 0.25) is 0 Å². The fraction of sp³-hybridized carbons (Fsp3) is 0.778. The Kier molecular flexibility index (Phi) is 4.18. The lowest BCUT2D eigenvalue weighted by molar-refractivity contribution is -0.137. The van der Waals surface area contributed by atoms with Gasteiger partial charge in [-0.15, -0.1) is 0 Å². The summed E-state index contributed by atoms with van der Waals surface area (Å²) in [6.45, 7) is 16.2. The molecule has 0 aromatic rings. The van der Waals surface area contributed by atoms with E-state index in [1.165, 1.54) is 11.3 Å². The molecule has 0 amide bonds. The molecule has 22 heavy (non-hydrogen) atoms. The van der Waals surface area contributed by atoms with Crippen molar-refractivity contribution in [1.29, 1.82) is 0 Å². The molecule has 0 saturated carbocycles. The van der Waals surface area contributed by atoms with Crippen LogP contribution in [0.4, 0.5) is 0 Å². The van der Waals surface area contributed by atoms with Crippen LogP contribution >= 0.6 is 0 Å². The molecule has 0 spiro atoms. The van der Waals surface area contributed by atoms with Crippen molar-refractivity contribution in [2.75, 3.05) is 6.54 Å². The minimum absolute atomic E-state index is 0.0267. The van der Waals surface area contributed by atoms with Crippen LogP contribution in [0.2, 0.25) is 0 Å². The SMILES string of the molecule is C[C@@H]1N=C(C(C)(C)C)N2C[C@H](CC(=O)O)CC2=C1C(C)(C)C. The topological polar surface area (TPSA) is 52.9 Å². The maximum Gasteiger partial charge on any atom is 0.303 e. The highest BCUT2D eigenvalue weighted by Crippen LogP contribution is 2.44. The largest absolute Gasteiger partial charge is 0.481 e. The van der Waals surface area contributed by atoms with Crippen LogP contribution in [0.5, 0.6) is 0 Å². The lowest BCUT2D eigenvalue weighted by Gasteiger charge is -2.41. The Labute approximate surface area is 134 Å². The van der Waals surface area contributed by atoms with Gasteiger partial charge in [0.15, 0.2) is 0 Å². The van der Waals surface area contributed by atoms with Crippen molar-refractivity contribution in [1.82, 2.24) is 4.90 Å². The summed E-state index contributed by atoms with van der Waals surface area (Å²) in [7, 11) is 0. The van der Waals surface area contributed by atoms with Crippen LogP contribution < -0.4 is 0 Å². The van der Waals surface area contributed by atoms with Gasteiger partial charge in [-0.3, -0.25) is 9.79 Å². The normalized spacial score (nSPS) is 26.1. The van der Waals surface area contributed by atoms with E-state index in [2.05, 4.69) is 53.4 Å². The zero-order valence-electron chi connectivity index (χ0n) is 15.0. The molecule has 0 unspecified atom stereocenters. The molecular formula is C18H30N2O2. The van der Waals surface area contributed by atoms with E-state index in [1.54, 1.807) is 0 Å². The number of fused-ring (bicyclic) bond motifs is 1. The van der Waals surface area contributed by atoms with Gasteiger partial charge in [-0.2, -0.15) is 0 Å². The second-order valence-corrected chi connectivity index (χ2v) is 8.77. The second kappa shape index (κ2) is 5.39. The molecule has 2 rings (SSSR count). The smallest absolute Gasteiger partial charge is 0.303 e. The van der Waals surface area contributed by atoms with Crippen LogP contribution in [0.25, 0.3) is 0 Å². The number of rotatable bonds is 2. The summed E-state index contributed by atoms with van der Waals surface area (Å²) in [4.78, 5) is 18.4. The number of carboxylic acids is 1. The summed E-state index contributed by atoms with van der Waals surface area (Å²) in [6, 6.07) is 0.170. The number of carboxylic acid groups (broad SMARTS) is 1. The Balaban J connectivity index is 2.47. The minimum atomic E-state index is -0.704. The predicted molar refractivity (Wildman–Crippen MR) is 89.9 cm³/mol. The van der Waals surface area contributed by atoms with E-state index in [9.17, 15) is 4.79 Å². The number of carbonyl (C=O) groups is 1. The molecule has 0 radical (unpaired) electrons. The molecule has 1 saturated heterocycles. The highest BCUT2D eigenvalue weighted by atomic mass is 16.4. The van der Waals surface area contributed by atoms with Gasteiger partial charge in [0.25, 0.3) is 0 Å². The van der Waals surface area contributed by atoms with E-state index < -0.39 is 5.97 Å². The second-order valence-electron chi connectivity index (χ2n) is 8.77. The van der Waals surface area contributed by atoms with Gasteiger partial charge in [0, 0.05) is 17.7 Å². The maximum absolute atomic E-state index is 11.1. The lowest BCUT2D eigenvalue weighted by atomic mass is 9.79. The summed E-state index contributed by atoms with van der Waals surface area (Å²) >= 11 is 0. The summed E-state index contributed by atoms with van der Waals surface area (Å²) in [5.41, 5.74) is 2.72. The number of aliphatic imine (C=N–C) groups is 1. The Morgan fingerprint density at radius 2 is 1.82 bits per heavy atom. The molecule has 1 N–H and O–H groups in total. The molecule has 2 aliphatic heterocycles. The Morgan fingerprint density at radius 3 is 2.27 bits per heavy atom. The quantitative estimate of drug-likeness (QED) is 0.841. The average molecular weight is 306 g/mol. The van der Waals surface area contributed by atoms with Crippen molar-refractivity contribution in [3.63, 3.8) is 0 Å². The van der Waals surface area contributed by atoms with E-state index in [0.717, 1.165) is 18.8 Å². The zero-order chi connectivity index (χ0) is 16.9. The number of amidine groups is 1. The molecule has 4 nitrogen and oxygen atoms in total. The lowest BCUT2D eigenvalue weighted by Crippen LogP contribution is -2.43. The van der Waals surface area contributed by atoms with Gasteiger partial charge in [0.05, 0.1) is 12.5 Å². The standard InChI is InChI=1S/C18H30N2O2/c1-11-15(17(2,3)4)13-8-12(9-14(21)22)10-20(13)16(19-11)18(5,6)7/h11-12H,8-10H2,1-7H3,(H,21,22)/t11-,12-/m0/s1. The highest BCUT2D eigenvalue weighted by molar-refractivity contribution is 5.90. The minimum Gasteiger partial charge on any atom is -0.481 e. The summed E-state index contributed by atoms with van der Waals surface area (Å²) in [6.07, 6.45) is 1.10. The number of nitrogens with zero attached hydrogens (tertiary/aromatic N) is 2. The molecule has 124 valence electrons. The van der Waals surface area contributed by atoms with Gasteiger partial charge in [-0.05, 0) is 30.3 Å². The molecular weight excluding hydrogens is 276 g/mol. The van der Waals surface area contributed by atoms with Crippen LogP contribution in [-0.4, -0.2) is 34.4 Å². The first-order chi connectivity index (χ1) is 9.91. The van der Waals surface area contributed by atoms with E-state index in [4.69, 9.17) is 10.1 Å². The third-order valence-corrected chi connectivity index (χ3v) is 4.49. The van der Waals surface area contributed by atoms with Crippen LogP contribution in [0, 0.1) is 16.7 Å². The van der Waals surface area contributed by atoms with Crippen molar-refractivity contribution < 1.29 is 9.90 Å². The van der Waals surface area contributed by atoms with Gasteiger partial charge in [-0.1, -0.05) is 41.5 Å². The first-order valence-corrected chi connectivity index (χ1v) is 8.22. The van der Waals surface area contributed by atoms with Gasteiger partial charge >= 0.3 is 5.97 Å². The Hall–Kier alpha value is -1.32. The van der Waals surface area contributed by atoms with E-state index in [1.807, 2.05) is 0 Å². The van der Waals surface area contributed by atoms with Crippen molar-refractivity contribution in [2.24, 2.45) is 21.7 Å². The molecule has 2 atom stereocenters. The summed E-state index contributed by atoms with van der Waals surface area (Å²) in [5, 5.41) is 9.15. The Bertz CT molecular complexity index is 532. The molecule has 0 aliphatic carbocycles. The van der Waals surface area contributed by atoms with Crippen molar-refractivity contribution in [3.8, 4) is 0 Å². The van der Waals surface area contributed by atoms with Crippen LogP contribution in [-0.2, 0) is 4.79 Å². The van der Waals surface area contributed by atoms with Crippen molar-refractivity contribution >= 4 is 11.8 Å².